The molecule has 0 spiro atoms. The van der Waals surface area contributed by atoms with E-state index in [1.165, 1.54) is 6.20 Å². The fourth-order valence-corrected chi connectivity index (χ4v) is 1.35. The van der Waals surface area contributed by atoms with Gasteiger partial charge in [-0.15, -0.1) is 0 Å². The molecule has 0 radical (unpaired) electrons. The highest BCUT2D eigenvalue weighted by atomic mass is 19.2. The Morgan fingerprint density at radius 1 is 1.17 bits per heavy atom. The first-order valence-corrected chi connectivity index (χ1v) is 4.98. The maximum absolute atomic E-state index is 13.0. The summed E-state index contributed by atoms with van der Waals surface area (Å²) in [6, 6.07) is 1.66. The van der Waals surface area contributed by atoms with Gasteiger partial charge in [0.2, 0.25) is 5.95 Å². The van der Waals surface area contributed by atoms with Crippen molar-refractivity contribution in [2.75, 3.05) is 11.1 Å². The second-order valence-corrected chi connectivity index (χ2v) is 3.64. The maximum atomic E-state index is 13.0. The lowest BCUT2D eigenvalue weighted by atomic mass is 10.2. The molecule has 0 aliphatic heterocycles. The summed E-state index contributed by atoms with van der Waals surface area (Å²) in [6.07, 6.45) is 1.46. The minimum Gasteiger partial charge on any atom is -0.368 e. The molecule has 0 aliphatic rings. The standard InChI is InChI=1S/C11H9F3N4/c1-5-4-16-11(15)18-10(5)17-6-2-7(12)9(14)8(13)3-6/h2-4H,1H3,(H3,15,16,17,18). The van der Waals surface area contributed by atoms with Crippen LogP contribution in [0.25, 0.3) is 0 Å². The smallest absolute Gasteiger partial charge is 0.221 e. The molecule has 18 heavy (non-hydrogen) atoms. The average molecular weight is 254 g/mol. The molecule has 0 bridgehead atoms. The first-order valence-electron chi connectivity index (χ1n) is 4.98. The van der Waals surface area contributed by atoms with Crippen molar-refractivity contribution in [2.45, 2.75) is 6.92 Å². The summed E-state index contributed by atoms with van der Waals surface area (Å²) in [4.78, 5) is 7.62. The van der Waals surface area contributed by atoms with Gasteiger partial charge < -0.3 is 11.1 Å². The molecule has 0 saturated carbocycles. The molecule has 1 aromatic heterocycles. The second-order valence-electron chi connectivity index (χ2n) is 3.64. The van der Waals surface area contributed by atoms with Gasteiger partial charge >= 0.3 is 0 Å². The maximum Gasteiger partial charge on any atom is 0.221 e. The van der Waals surface area contributed by atoms with Crippen LogP contribution in [0.5, 0.6) is 0 Å². The molecule has 0 saturated heterocycles. The summed E-state index contributed by atoms with van der Waals surface area (Å²) >= 11 is 0. The molecule has 0 atom stereocenters. The third-order valence-corrected chi connectivity index (χ3v) is 2.24. The fourth-order valence-electron chi connectivity index (χ4n) is 1.35. The van der Waals surface area contributed by atoms with Gasteiger partial charge in [-0.1, -0.05) is 0 Å². The molecule has 2 aromatic rings. The zero-order valence-electron chi connectivity index (χ0n) is 9.34. The van der Waals surface area contributed by atoms with E-state index in [1.807, 2.05) is 0 Å². The predicted octanol–water partition coefficient (Wildman–Crippen LogP) is 2.53. The monoisotopic (exact) mass is 254 g/mol. The molecule has 0 unspecified atom stereocenters. The van der Waals surface area contributed by atoms with E-state index >= 15 is 0 Å². The Bertz CT molecular complexity index is 578. The lowest BCUT2D eigenvalue weighted by molar-refractivity contribution is 0.448. The number of aryl methyl sites for hydroxylation is 1. The molecule has 7 heteroatoms. The number of aromatic nitrogens is 2. The van der Waals surface area contributed by atoms with E-state index in [-0.39, 0.29) is 11.6 Å². The van der Waals surface area contributed by atoms with Gasteiger partial charge in [-0.25, -0.2) is 18.2 Å². The van der Waals surface area contributed by atoms with Crippen molar-refractivity contribution >= 4 is 17.5 Å². The number of nitrogens with one attached hydrogen (secondary N) is 1. The number of nitrogens with zero attached hydrogens (tertiary/aromatic N) is 2. The van der Waals surface area contributed by atoms with E-state index in [9.17, 15) is 13.2 Å². The Hall–Kier alpha value is -2.31. The van der Waals surface area contributed by atoms with E-state index in [1.54, 1.807) is 6.92 Å². The van der Waals surface area contributed by atoms with E-state index in [0.717, 1.165) is 12.1 Å². The Labute approximate surface area is 101 Å². The van der Waals surface area contributed by atoms with Gasteiger partial charge in [0.25, 0.3) is 0 Å². The number of rotatable bonds is 2. The number of anilines is 3. The van der Waals surface area contributed by atoms with Crippen molar-refractivity contribution < 1.29 is 13.2 Å². The van der Waals surface area contributed by atoms with Crippen LogP contribution in [0.1, 0.15) is 5.56 Å². The lowest BCUT2D eigenvalue weighted by Crippen LogP contribution is -2.03. The summed E-state index contributed by atoms with van der Waals surface area (Å²) in [7, 11) is 0. The predicted molar refractivity (Wildman–Crippen MR) is 60.8 cm³/mol. The fraction of sp³-hybridized carbons (Fsp3) is 0.0909. The van der Waals surface area contributed by atoms with Crippen LogP contribution in [0.15, 0.2) is 18.3 Å². The first-order chi connectivity index (χ1) is 8.47. The number of halogens is 3. The van der Waals surface area contributed by atoms with E-state index in [4.69, 9.17) is 5.73 Å². The van der Waals surface area contributed by atoms with Crippen LogP contribution in [0.3, 0.4) is 0 Å². The van der Waals surface area contributed by atoms with E-state index in [2.05, 4.69) is 15.3 Å². The zero-order valence-corrected chi connectivity index (χ0v) is 9.34. The van der Waals surface area contributed by atoms with Crippen molar-refractivity contribution in [1.29, 1.82) is 0 Å². The minimum atomic E-state index is -1.51. The number of hydrogen-bond acceptors (Lipinski definition) is 4. The highest BCUT2D eigenvalue weighted by Crippen LogP contribution is 2.22. The highest BCUT2D eigenvalue weighted by molar-refractivity contribution is 5.59. The highest BCUT2D eigenvalue weighted by Gasteiger charge is 2.11. The lowest BCUT2D eigenvalue weighted by Gasteiger charge is -2.09. The molecule has 4 nitrogen and oxygen atoms in total. The molecule has 0 aliphatic carbocycles. The first kappa shape index (κ1) is 12.2. The van der Waals surface area contributed by atoms with Crippen LogP contribution in [-0.4, -0.2) is 9.97 Å². The van der Waals surface area contributed by atoms with Crippen LogP contribution >= 0.6 is 0 Å². The van der Waals surface area contributed by atoms with Crippen molar-refractivity contribution in [2.24, 2.45) is 0 Å². The number of benzene rings is 1. The largest absolute Gasteiger partial charge is 0.368 e. The SMILES string of the molecule is Cc1cnc(N)nc1Nc1cc(F)c(F)c(F)c1. The third kappa shape index (κ3) is 2.34. The Morgan fingerprint density at radius 2 is 1.78 bits per heavy atom. The topological polar surface area (TPSA) is 63.8 Å². The van der Waals surface area contributed by atoms with Crippen molar-refractivity contribution in [1.82, 2.24) is 9.97 Å². The average Bonchev–Trinajstić information content (AvgIpc) is 2.31. The van der Waals surface area contributed by atoms with Crippen molar-refractivity contribution in [3.8, 4) is 0 Å². The molecule has 0 fully saturated rings. The quantitative estimate of drug-likeness (QED) is 0.808. The zero-order chi connectivity index (χ0) is 13.3. The summed E-state index contributed by atoms with van der Waals surface area (Å²) < 4.78 is 38.8. The molecule has 1 heterocycles. The Morgan fingerprint density at radius 3 is 2.39 bits per heavy atom. The van der Waals surface area contributed by atoms with Gasteiger partial charge in [-0.2, -0.15) is 4.98 Å². The van der Waals surface area contributed by atoms with Crippen LogP contribution in [0.2, 0.25) is 0 Å². The summed E-state index contributed by atoms with van der Waals surface area (Å²) in [5.41, 5.74) is 6.06. The van der Waals surface area contributed by atoms with Gasteiger partial charge in [0.05, 0.1) is 0 Å². The number of nitrogen functional groups attached to an aromatic ring is 1. The Balaban J connectivity index is 2.37. The van der Waals surface area contributed by atoms with Gasteiger partial charge in [0, 0.05) is 29.6 Å². The molecule has 2 rings (SSSR count). The minimum absolute atomic E-state index is 0.0196. The summed E-state index contributed by atoms with van der Waals surface area (Å²) in [6.45, 7) is 1.69. The van der Waals surface area contributed by atoms with Crippen LogP contribution < -0.4 is 11.1 Å². The van der Waals surface area contributed by atoms with Gasteiger partial charge in [0.1, 0.15) is 5.82 Å². The molecular formula is C11H9F3N4. The molecule has 94 valence electrons. The number of nitrogens with two attached hydrogens (primary N) is 1. The number of hydrogen-bond donors (Lipinski definition) is 2. The van der Waals surface area contributed by atoms with Gasteiger partial charge in [-0.05, 0) is 6.92 Å². The van der Waals surface area contributed by atoms with Crippen LogP contribution in [0, 0.1) is 24.4 Å². The van der Waals surface area contributed by atoms with Gasteiger partial charge in [-0.3, -0.25) is 0 Å². The third-order valence-electron chi connectivity index (χ3n) is 2.24. The second kappa shape index (κ2) is 4.52. The normalized spacial score (nSPS) is 10.4. The van der Waals surface area contributed by atoms with E-state index < -0.39 is 17.5 Å². The van der Waals surface area contributed by atoms with Crippen molar-refractivity contribution in [3.05, 3.63) is 41.3 Å². The summed E-state index contributed by atoms with van der Waals surface area (Å²) in [5, 5.41) is 2.64. The molecule has 1 aromatic carbocycles. The van der Waals surface area contributed by atoms with Crippen molar-refractivity contribution in [3.63, 3.8) is 0 Å². The molecule has 0 amide bonds. The molecule has 3 N–H and O–H groups in total. The summed E-state index contributed by atoms with van der Waals surface area (Å²) in [5.74, 6) is -3.76. The Kier molecular flexibility index (Phi) is 3.05. The van der Waals surface area contributed by atoms with Gasteiger partial charge in [0.15, 0.2) is 17.5 Å². The molecular weight excluding hydrogens is 245 g/mol. The van der Waals surface area contributed by atoms with Crippen LogP contribution in [-0.2, 0) is 0 Å². The van der Waals surface area contributed by atoms with E-state index in [0.29, 0.717) is 11.4 Å². The van der Waals surface area contributed by atoms with Crippen LogP contribution in [0.4, 0.5) is 30.6 Å².